The number of aliphatic hydroxyl groups is 1. The summed E-state index contributed by atoms with van der Waals surface area (Å²) >= 11 is 0. The van der Waals surface area contributed by atoms with E-state index in [2.05, 4.69) is 11.1 Å². The molecule has 0 unspecified atom stereocenters. The van der Waals surface area contributed by atoms with Gasteiger partial charge in [-0.2, -0.15) is 5.26 Å². The van der Waals surface area contributed by atoms with Crippen LogP contribution in [0.5, 0.6) is 0 Å². The van der Waals surface area contributed by atoms with Gasteiger partial charge in [0.25, 0.3) is 0 Å². The monoisotopic (exact) mass is 285 g/mol. The number of anilines is 1. The Hall–Kier alpha value is -2.16. The molecule has 0 atom stereocenters. The molecule has 0 radical (unpaired) electrons. The van der Waals surface area contributed by atoms with Crippen LogP contribution >= 0.6 is 0 Å². The molecule has 5 nitrogen and oxygen atoms in total. The molecule has 1 N–H and O–H groups in total. The third-order valence-electron chi connectivity index (χ3n) is 3.31. The Morgan fingerprint density at radius 1 is 1.33 bits per heavy atom. The minimum absolute atomic E-state index is 0.0802. The van der Waals surface area contributed by atoms with E-state index in [-0.39, 0.29) is 6.61 Å². The first-order chi connectivity index (χ1) is 10.3. The van der Waals surface area contributed by atoms with Crippen LogP contribution in [0.3, 0.4) is 0 Å². The van der Waals surface area contributed by atoms with E-state index >= 15 is 0 Å². The number of hydrogen-bond acceptors (Lipinski definition) is 5. The maximum atomic E-state index is 9.61. The molecular weight excluding hydrogens is 266 g/mol. The van der Waals surface area contributed by atoms with Gasteiger partial charge in [0.1, 0.15) is 5.82 Å². The molecule has 0 saturated carbocycles. The summed E-state index contributed by atoms with van der Waals surface area (Å²) in [5.74, 6) is 0.725. The lowest BCUT2D eigenvalue weighted by molar-refractivity contribution is 0.205. The first kappa shape index (κ1) is 15.2. The molecule has 2 aromatic rings. The second-order valence-electron chi connectivity index (χ2n) is 4.71. The van der Waals surface area contributed by atoms with Crippen LogP contribution in [-0.4, -0.2) is 36.9 Å². The number of fused-ring (bicyclic) bond motifs is 1. The van der Waals surface area contributed by atoms with Gasteiger partial charge >= 0.3 is 0 Å². The predicted octanol–water partition coefficient (Wildman–Crippen LogP) is 2.09. The second-order valence-corrected chi connectivity index (χ2v) is 4.71. The van der Waals surface area contributed by atoms with Crippen LogP contribution in [0.15, 0.2) is 30.3 Å². The highest BCUT2D eigenvalue weighted by atomic mass is 16.5. The number of pyridine rings is 1. The Bertz CT molecular complexity index is 637. The smallest absolute Gasteiger partial charge is 0.134 e. The maximum absolute atomic E-state index is 9.61. The van der Waals surface area contributed by atoms with E-state index in [9.17, 15) is 5.11 Å². The molecule has 0 aliphatic carbocycles. The molecule has 110 valence electrons. The Labute approximate surface area is 124 Å². The second kappa shape index (κ2) is 7.58. The molecule has 21 heavy (non-hydrogen) atoms. The fourth-order valence-electron chi connectivity index (χ4n) is 2.25. The average Bonchev–Trinajstić information content (AvgIpc) is 2.54. The van der Waals surface area contributed by atoms with Gasteiger partial charge in [0, 0.05) is 31.1 Å². The molecule has 0 aliphatic rings. The summed E-state index contributed by atoms with van der Waals surface area (Å²) in [4.78, 5) is 6.64. The number of ether oxygens (including phenoxy) is 1. The fourth-order valence-corrected chi connectivity index (χ4v) is 2.25. The molecule has 1 heterocycles. The van der Waals surface area contributed by atoms with Crippen LogP contribution in [-0.2, 0) is 11.3 Å². The molecule has 5 heteroatoms. The highest BCUT2D eigenvalue weighted by Gasteiger charge is 2.13. The van der Waals surface area contributed by atoms with Crippen LogP contribution in [0, 0.1) is 11.3 Å². The molecule has 0 fully saturated rings. The van der Waals surface area contributed by atoms with Crippen molar-refractivity contribution >= 4 is 16.7 Å². The Balaban J connectivity index is 2.41. The molecule has 0 spiro atoms. The number of hydrogen-bond donors (Lipinski definition) is 1. The van der Waals surface area contributed by atoms with Gasteiger partial charge in [0.05, 0.1) is 31.2 Å². The number of nitrogens with zero attached hydrogens (tertiary/aromatic N) is 3. The highest BCUT2D eigenvalue weighted by Crippen LogP contribution is 2.24. The van der Waals surface area contributed by atoms with Crippen LogP contribution in [0.1, 0.15) is 12.0 Å². The van der Waals surface area contributed by atoms with Gasteiger partial charge in [-0.1, -0.05) is 18.2 Å². The molecule has 0 saturated heterocycles. The quantitative estimate of drug-likeness (QED) is 0.843. The maximum Gasteiger partial charge on any atom is 0.134 e. The average molecular weight is 285 g/mol. The van der Waals surface area contributed by atoms with Gasteiger partial charge < -0.3 is 14.7 Å². The molecule has 0 bridgehead atoms. The lowest BCUT2D eigenvalue weighted by Gasteiger charge is -2.25. The Morgan fingerprint density at radius 2 is 2.14 bits per heavy atom. The number of nitriles is 1. The van der Waals surface area contributed by atoms with E-state index in [1.807, 2.05) is 35.2 Å². The van der Waals surface area contributed by atoms with Crippen molar-refractivity contribution < 1.29 is 9.84 Å². The number of rotatable bonds is 7. The zero-order valence-corrected chi connectivity index (χ0v) is 12.1. The minimum atomic E-state index is -0.0802. The zero-order chi connectivity index (χ0) is 15.1. The van der Waals surface area contributed by atoms with Gasteiger partial charge in [-0.3, -0.25) is 0 Å². The third kappa shape index (κ3) is 3.69. The third-order valence-corrected chi connectivity index (χ3v) is 3.31. The van der Waals surface area contributed by atoms with Gasteiger partial charge in [0.2, 0.25) is 0 Å². The standard InChI is InChI=1S/C16H19N3O2/c1-21-10-9-19(8-4-7-17)16-14(12-20)11-13-5-2-3-6-15(13)18-16/h2-3,5-6,11,20H,4,8-10,12H2,1H3. The van der Waals surface area contributed by atoms with Gasteiger partial charge in [-0.15, -0.1) is 0 Å². The van der Waals surface area contributed by atoms with E-state index < -0.39 is 0 Å². The summed E-state index contributed by atoms with van der Waals surface area (Å²) in [5, 5.41) is 19.4. The molecular formula is C16H19N3O2. The van der Waals surface area contributed by atoms with Crippen molar-refractivity contribution in [1.29, 1.82) is 5.26 Å². The Morgan fingerprint density at radius 3 is 2.86 bits per heavy atom. The van der Waals surface area contributed by atoms with Gasteiger partial charge in [-0.25, -0.2) is 4.98 Å². The lowest BCUT2D eigenvalue weighted by atomic mass is 10.1. The van der Waals surface area contributed by atoms with Crippen molar-refractivity contribution in [3.8, 4) is 6.07 Å². The summed E-state index contributed by atoms with van der Waals surface area (Å²) in [7, 11) is 1.64. The summed E-state index contributed by atoms with van der Waals surface area (Å²) in [6, 6.07) is 11.9. The molecule has 1 aromatic carbocycles. The first-order valence-electron chi connectivity index (χ1n) is 6.90. The number of aliphatic hydroxyl groups excluding tert-OH is 1. The summed E-state index contributed by atoms with van der Waals surface area (Å²) in [6.45, 7) is 1.67. The topological polar surface area (TPSA) is 69.4 Å². The number of aromatic nitrogens is 1. The molecule has 0 amide bonds. The first-order valence-corrected chi connectivity index (χ1v) is 6.90. The molecule has 2 rings (SSSR count). The summed E-state index contributed by atoms with van der Waals surface area (Å²) < 4.78 is 5.12. The van der Waals surface area contributed by atoms with Crippen molar-refractivity contribution in [2.24, 2.45) is 0 Å². The Kier molecular flexibility index (Phi) is 5.50. The fraction of sp³-hybridized carbons (Fsp3) is 0.375. The summed E-state index contributed by atoms with van der Waals surface area (Å²) in [5.41, 5.74) is 1.65. The summed E-state index contributed by atoms with van der Waals surface area (Å²) in [6.07, 6.45) is 0.406. The number of benzene rings is 1. The molecule has 0 aliphatic heterocycles. The molecule has 1 aromatic heterocycles. The van der Waals surface area contributed by atoms with Crippen LogP contribution in [0.25, 0.3) is 10.9 Å². The zero-order valence-electron chi connectivity index (χ0n) is 12.1. The van der Waals surface area contributed by atoms with Crippen LogP contribution < -0.4 is 4.90 Å². The minimum Gasteiger partial charge on any atom is -0.392 e. The van der Waals surface area contributed by atoms with E-state index in [1.54, 1.807) is 7.11 Å². The van der Waals surface area contributed by atoms with Crippen molar-refractivity contribution in [3.05, 3.63) is 35.9 Å². The number of para-hydroxylation sites is 1. The van der Waals surface area contributed by atoms with Crippen molar-refractivity contribution in [3.63, 3.8) is 0 Å². The van der Waals surface area contributed by atoms with E-state index in [4.69, 9.17) is 10.00 Å². The van der Waals surface area contributed by atoms with E-state index in [0.717, 1.165) is 22.3 Å². The van der Waals surface area contributed by atoms with Crippen LogP contribution in [0.4, 0.5) is 5.82 Å². The van der Waals surface area contributed by atoms with Crippen molar-refractivity contribution in [2.75, 3.05) is 31.7 Å². The van der Waals surface area contributed by atoms with E-state index in [0.29, 0.717) is 26.1 Å². The highest BCUT2D eigenvalue weighted by molar-refractivity contribution is 5.81. The van der Waals surface area contributed by atoms with Gasteiger partial charge in [-0.05, 0) is 12.1 Å². The lowest BCUT2D eigenvalue weighted by Crippen LogP contribution is -2.30. The van der Waals surface area contributed by atoms with Gasteiger partial charge in [0.15, 0.2) is 0 Å². The largest absolute Gasteiger partial charge is 0.392 e. The van der Waals surface area contributed by atoms with Crippen molar-refractivity contribution in [2.45, 2.75) is 13.0 Å². The van der Waals surface area contributed by atoms with Crippen molar-refractivity contribution in [1.82, 2.24) is 4.98 Å². The number of methoxy groups -OCH3 is 1. The van der Waals surface area contributed by atoms with Crippen LogP contribution in [0.2, 0.25) is 0 Å². The predicted molar refractivity (Wildman–Crippen MR) is 82.0 cm³/mol. The SMILES string of the molecule is COCCN(CCC#N)c1nc2ccccc2cc1CO. The van der Waals surface area contributed by atoms with E-state index in [1.165, 1.54) is 0 Å². The normalized spacial score (nSPS) is 10.5.